The van der Waals surface area contributed by atoms with E-state index in [-0.39, 0.29) is 29.3 Å². The monoisotopic (exact) mass is 434 g/mol. The molecule has 2 rings (SSSR count). The number of likely N-dealkylation sites (tertiary alicyclic amines) is 1. The lowest BCUT2D eigenvalue weighted by Crippen LogP contribution is -2.36. The average Bonchev–Trinajstić information content (AvgIpc) is 2.95. The molecule has 2 heterocycles. The number of carbonyl (C=O) groups is 1. The van der Waals surface area contributed by atoms with Crippen molar-refractivity contribution < 1.29 is 17.9 Å². The molecule has 1 aliphatic heterocycles. The number of amides is 1. The van der Waals surface area contributed by atoms with Gasteiger partial charge in [-0.2, -0.15) is 0 Å². The van der Waals surface area contributed by atoms with Gasteiger partial charge < -0.3 is 15.4 Å². The molecular weight excluding hydrogens is 412 g/mol. The van der Waals surface area contributed by atoms with Crippen LogP contribution in [0.5, 0.6) is 0 Å². The summed E-state index contributed by atoms with van der Waals surface area (Å²) in [6.07, 6.45) is 1.76. The standard InChI is InChI=1S/C15H23BrN4O4S/c1-15(2,3)24-14(21)20-5-4-10(9-20)7-19-25(22,23)12-6-11(16)8-18-13(12)17/h6,8,10,19H,4-5,7,9H2,1-3H3,(H2,17,18)/t10-/m0/s1. The van der Waals surface area contributed by atoms with E-state index in [2.05, 4.69) is 25.6 Å². The first-order valence-corrected chi connectivity index (χ1v) is 10.1. The molecule has 3 N–H and O–H groups in total. The van der Waals surface area contributed by atoms with E-state index in [1.807, 2.05) is 20.8 Å². The first-order valence-electron chi connectivity index (χ1n) is 7.86. The van der Waals surface area contributed by atoms with Crippen LogP contribution in [0, 0.1) is 5.92 Å². The number of hydrogen-bond donors (Lipinski definition) is 2. The summed E-state index contributed by atoms with van der Waals surface area (Å²) in [5, 5.41) is 0. The topological polar surface area (TPSA) is 115 Å². The highest BCUT2D eigenvalue weighted by Crippen LogP contribution is 2.22. The van der Waals surface area contributed by atoms with Gasteiger partial charge >= 0.3 is 6.09 Å². The van der Waals surface area contributed by atoms with Crippen LogP contribution in [0.2, 0.25) is 0 Å². The quantitative estimate of drug-likeness (QED) is 0.748. The van der Waals surface area contributed by atoms with Crippen molar-refractivity contribution in [3.05, 3.63) is 16.7 Å². The highest BCUT2D eigenvalue weighted by Gasteiger charge is 2.30. The van der Waals surface area contributed by atoms with Gasteiger partial charge in [0.15, 0.2) is 0 Å². The molecule has 25 heavy (non-hydrogen) atoms. The van der Waals surface area contributed by atoms with Gasteiger partial charge in [-0.25, -0.2) is 22.9 Å². The van der Waals surface area contributed by atoms with Crippen molar-refractivity contribution in [3.8, 4) is 0 Å². The molecule has 0 aliphatic carbocycles. The Morgan fingerprint density at radius 3 is 2.84 bits per heavy atom. The highest BCUT2D eigenvalue weighted by atomic mass is 79.9. The summed E-state index contributed by atoms with van der Waals surface area (Å²) >= 11 is 3.19. The van der Waals surface area contributed by atoms with E-state index in [0.29, 0.717) is 24.0 Å². The number of ether oxygens (including phenoxy) is 1. The number of pyridine rings is 1. The molecule has 0 bridgehead atoms. The summed E-state index contributed by atoms with van der Waals surface area (Å²) in [4.78, 5) is 17.4. The largest absolute Gasteiger partial charge is 0.444 e. The van der Waals surface area contributed by atoms with E-state index in [9.17, 15) is 13.2 Å². The van der Waals surface area contributed by atoms with E-state index in [1.54, 1.807) is 4.90 Å². The molecule has 0 saturated carbocycles. The minimum atomic E-state index is -3.77. The number of nitrogen functional groups attached to an aromatic ring is 1. The molecule has 1 fully saturated rings. The zero-order valence-electron chi connectivity index (χ0n) is 14.5. The Morgan fingerprint density at radius 1 is 1.52 bits per heavy atom. The van der Waals surface area contributed by atoms with Crippen LogP contribution in [0.15, 0.2) is 21.6 Å². The summed E-state index contributed by atoms with van der Waals surface area (Å²) in [7, 11) is -3.77. The zero-order valence-corrected chi connectivity index (χ0v) is 16.9. The van der Waals surface area contributed by atoms with Crippen LogP contribution < -0.4 is 10.5 Å². The second-order valence-corrected chi connectivity index (χ2v) is 9.62. The number of nitrogens with zero attached hydrogens (tertiary/aromatic N) is 2. The van der Waals surface area contributed by atoms with Crippen LogP contribution in [-0.4, -0.2) is 49.6 Å². The number of anilines is 1. The number of aromatic nitrogens is 1. The Balaban J connectivity index is 1.94. The summed E-state index contributed by atoms with van der Waals surface area (Å²) < 4.78 is 33.2. The van der Waals surface area contributed by atoms with Crippen LogP contribution >= 0.6 is 15.9 Å². The summed E-state index contributed by atoms with van der Waals surface area (Å²) in [5.74, 6) is -0.0406. The van der Waals surface area contributed by atoms with Crippen molar-refractivity contribution in [1.82, 2.24) is 14.6 Å². The Bertz CT molecular complexity index is 748. The number of hydrogen-bond acceptors (Lipinski definition) is 6. The third-order valence-corrected chi connectivity index (χ3v) is 5.52. The van der Waals surface area contributed by atoms with Crippen molar-refractivity contribution in [2.75, 3.05) is 25.4 Å². The van der Waals surface area contributed by atoms with Crippen molar-refractivity contribution in [2.24, 2.45) is 5.92 Å². The van der Waals surface area contributed by atoms with Crippen molar-refractivity contribution in [3.63, 3.8) is 0 Å². The van der Waals surface area contributed by atoms with Crippen LogP contribution in [0.3, 0.4) is 0 Å². The zero-order chi connectivity index (χ0) is 18.8. The SMILES string of the molecule is CC(C)(C)OC(=O)N1CC[C@@H](CNS(=O)(=O)c2cc(Br)cnc2N)C1. The van der Waals surface area contributed by atoms with E-state index in [0.717, 1.165) is 0 Å². The molecule has 10 heteroatoms. The van der Waals surface area contributed by atoms with Gasteiger partial charge in [0, 0.05) is 30.3 Å². The van der Waals surface area contributed by atoms with Gasteiger partial charge in [-0.05, 0) is 55.1 Å². The first-order chi connectivity index (χ1) is 11.5. The molecule has 1 atom stereocenters. The minimum absolute atomic E-state index is 0.0172. The van der Waals surface area contributed by atoms with Gasteiger partial charge in [0.25, 0.3) is 0 Å². The fourth-order valence-electron chi connectivity index (χ4n) is 2.44. The van der Waals surface area contributed by atoms with Crippen LogP contribution in [-0.2, 0) is 14.8 Å². The Labute approximate surface area is 156 Å². The van der Waals surface area contributed by atoms with E-state index >= 15 is 0 Å². The molecule has 140 valence electrons. The lowest BCUT2D eigenvalue weighted by Gasteiger charge is -2.24. The molecule has 8 nitrogen and oxygen atoms in total. The Hall–Kier alpha value is -1.39. The van der Waals surface area contributed by atoms with E-state index in [4.69, 9.17) is 10.5 Å². The van der Waals surface area contributed by atoms with E-state index < -0.39 is 15.6 Å². The third kappa shape index (κ3) is 5.55. The van der Waals surface area contributed by atoms with Crippen LogP contribution in [0.4, 0.5) is 10.6 Å². The predicted molar refractivity (Wildman–Crippen MR) is 97.5 cm³/mol. The number of rotatable bonds is 4. The van der Waals surface area contributed by atoms with Gasteiger partial charge in [0.1, 0.15) is 16.3 Å². The molecular formula is C15H23BrN4O4S. The molecule has 1 aliphatic rings. The van der Waals surface area contributed by atoms with Crippen LogP contribution in [0.25, 0.3) is 0 Å². The number of nitrogens with two attached hydrogens (primary N) is 1. The lowest BCUT2D eigenvalue weighted by molar-refractivity contribution is 0.0288. The maximum atomic E-state index is 12.4. The van der Waals surface area contributed by atoms with Crippen molar-refractivity contribution >= 4 is 37.9 Å². The van der Waals surface area contributed by atoms with Crippen molar-refractivity contribution in [1.29, 1.82) is 0 Å². The second kappa shape index (κ2) is 7.46. The summed E-state index contributed by atoms with van der Waals surface area (Å²) in [6, 6.07) is 1.41. The number of halogens is 1. The molecule has 0 spiro atoms. The summed E-state index contributed by atoms with van der Waals surface area (Å²) in [6.45, 7) is 6.63. The molecule has 1 amide bonds. The summed E-state index contributed by atoms with van der Waals surface area (Å²) in [5.41, 5.74) is 5.11. The lowest BCUT2D eigenvalue weighted by atomic mass is 10.1. The number of nitrogens with one attached hydrogen (secondary N) is 1. The number of carbonyl (C=O) groups excluding carboxylic acids is 1. The number of sulfonamides is 1. The normalized spacial score (nSPS) is 18.4. The average molecular weight is 435 g/mol. The maximum Gasteiger partial charge on any atom is 0.410 e. The Morgan fingerprint density at radius 2 is 2.20 bits per heavy atom. The predicted octanol–water partition coefficient (Wildman–Crippen LogP) is 1.96. The van der Waals surface area contributed by atoms with Gasteiger partial charge in [-0.3, -0.25) is 0 Å². The fourth-order valence-corrected chi connectivity index (χ4v) is 4.15. The smallest absolute Gasteiger partial charge is 0.410 e. The van der Waals surface area contributed by atoms with Crippen molar-refractivity contribution in [2.45, 2.75) is 37.7 Å². The molecule has 1 aromatic rings. The first kappa shape index (κ1) is 19.9. The molecule has 0 unspecified atom stereocenters. The van der Waals surface area contributed by atoms with Crippen LogP contribution in [0.1, 0.15) is 27.2 Å². The molecule has 0 aromatic carbocycles. The van der Waals surface area contributed by atoms with Gasteiger partial charge in [0.2, 0.25) is 10.0 Å². The van der Waals surface area contributed by atoms with Gasteiger partial charge in [-0.15, -0.1) is 0 Å². The highest BCUT2D eigenvalue weighted by molar-refractivity contribution is 9.10. The van der Waals surface area contributed by atoms with Gasteiger partial charge in [-0.1, -0.05) is 0 Å². The maximum absolute atomic E-state index is 12.4. The minimum Gasteiger partial charge on any atom is -0.444 e. The third-order valence-electron chi connectivity index (χ3n) is 3.64. The Kier molecular flexibility index (Phi) is 5.95. The molecule has 1 aromatic heterocycles. The fraction of sp³-hybridized carbons (Fsp3) is 0.600. The second-order valence-electron chi connectivity index (χ2n) is 6.97. The van der Waals surface area contributed by atoms with E-state index in [1.165, 1.54) is 12.3 Å². The van der Waals surface area contributed by atoms with Gasteiger partial charge in [0.05, 0.1) is 0 Å². The molecule has 1 saturated heterocycles. The molecule has 0 radical (unpaired) electrons.